The first-order valence-electron chi connectivity index (χ1n) is 9.00. The Morgan fingerprint density at radius 1 is 0.724 bits per heavy atom. The van der Waals surface area contributed by atoms with Gasteiger partial charge in [0.25, 0.3) is 0 Å². The van der Waals surface area contributed by atoms with Gasteiger partial charge in [-0.05, 0) is 24.3 Å². The van der Waals surface area contributed by atoms with Crippen molar-refractivity contribution in [1.29, 1.82) is 0 Å². The zero-order valence-corrected chi connectivity index (χ0v) is 15.3. The topological polar surface area (TPSA) is 73.6 Å². The SMILES string of the molecule is O=C(OCC(=O)c1cc2ccccc2o1)c1ccc(C(=O)c2ccccc2)cc1. The van der Waals surface area contributed by atoms with Crippen LogP contribution in [0.5, 0.6) is 0 Å². The van der Waals surface area contributed by atoms with Crippen molar-refractivity contribution < 1.29 is 23.5 Å². The summed E-state index contributed by atoms with van der Waals surface area (Å²) in [6.45, 7) is -0.427. The molecule has 0 amide bonds. The maximum Gasteiger partial charge on any atom is 0.338 e. The Hall–Kier alpha value is -3.99. The monoisotopic (exact) mass is 384 g/mol. The lowest BCUT2D eigenvalue weighted by Gasteiger charge is -2.05. The quantitative estimate of drug-likeness (QED) is 0.356. The minimum atomic E-state index is -0.645. The fraction of sp³-hybridized carbons (Fsp3) is 0.0417. The van der Waals surface area contributed by atoms with Crippen LogP contribution in [0.25, 0.3) is 11.0 Å². The van der Waals surface area contributed by atoms with E-state index in [-0.39, 0.29) is 17.1 Å². The number of carbonyl (C=O) groups is 3. The van der Waals surface area contributed by atoms with Gasteiger partial charge in [-0.25, -0.2) is 4.79 Å². The molecule has 0 bridgehead atoms. The van der Waals surface area contributed by atoms with Gasteiger partial charge in [0.2, 0.25) is 5.78 Å². The molecule has 1 heterocycles. The molecule has 4 aromatic rings. The van der Waals surface area contributed by atoms with Crippen molar-refractivity contribution in [3.63, 3.8) is 0 Å². The second-order valence-electron chi connectivity index (χ2n) is 6.42. The summed E-state index contributed by atoms with van der Waals surface area (Å²) < 4.78 is 10.6. The summed E-state index contributed by atoms with van der Waals surface area (Å²) in [4.78, 5) is 36.9. The van der Waals surface area contributed by atoms with E-state index in [2.05, 4.69) is 0 Å². The molecule has 0 fully saturated rings. The number of rotatable bonds is 6. The van der Waals surface area contributed by atoms with E-state index in [1.54, 1.807) is 48.5 Å². The minimum absolute atomic E-state index is 0.134. The molecule has 4 rings (SSSR count). The first-order valence-corrected chi connectivity index (χ1v) is 9.00. The van der Waals surface area contributed by atoms with Crippen molar-refractivity contribution in [2.24, 2.45) is 0 Å². The molecule has 0 aliphatic heterocycles. The summed E-state index contributed by atoms with van der Waals surface area (Å²) in [5.74, 6) is -1.06. The molecule has 0 atom stereocenters. The smallest absolute Gasteiger partial charge is 0.338 e. The van der Waals surface area contributed by atoms with E-state index in [4.69, 9.17) is 9.15 Å². The average molecular weight is 384 g/mol. The molecule has 0 saturated heterocycles. The number of ketones is 2. The second-order valence-corrected chi connectivity index (χ2v) is 6.42. The number of fused-ring (bicyclic) bond motifs is 1. The van der Waals surface area contributed by atoms with Gasteiger partial charge in [-0.1, -0.05) is 60.7 Å². The highest BCUT2D eigenvalue weighted by Gasteiger charge is 2.16. The molecule has 0 radical (unpaired) electrons. The highest BCUT2D eigenvalue weighted by atomic mass is 16.5. The number of benzene rings is 3. The molecule has 3 aromatic carbocycles. The number of hydrogen-bond acceptors (Lipinski definition) is 5. The van der Waals surface area contributed by atoms with Crippen molar-refractivity contribution in [1.82, 2.24) is 0 Å². The maximum absolute atomic E-state index is 12.4. The minimum Gasteiger partial charge on any atom is -0.454 e. The van der Waals surface area contributed by atoms with Gasteiger partial charge in [-0.15, -0.1) is 0 Å². The normalized spacial score (nSPS) is 10.6. The van der Waals surface area contributed by atoms with Gasteiger partial charge in [0.05, 0.1) is 5.56 Å². The van der Waals surface area contributed by atoms with E-state index in [0.29, 0.717) is 16.7 Å². The molecule has 0 N–H and O–H groups in total. The number of para-hydroxylation sites is 1. The zero-order valence-electron chi connectivity index (χ0n) is 15.3. The lowest BCUT2D eigenvalue weighted by Crippen LogP contribution is -2.14. The number of Topliss-reactive ketones (excluding diaryl/α,β-unsaturated/α-hetero) is 1. The van der Waals surface area contributed by atoms with Gasteiger partial charge in [-0.3, -0.25) is 9.59 Å². The number of esters is 1. The van der Waals surface area contributed by atoms with Crippen molar-refractivity contribution in [3.05, 3.63) is 107 Å². The van der Waals surface area contributed by atoms with Crippen LogP contribution in [0.1, 0.15) is 36.8 Å². The lowest BCUT2D eigenvalue weighted by atomic mass is 10.0. The zero-order chi connectivity index (χ0) is 20.2. The molecule has 5 heteroatoms. The molecular formula is C24H16O5. The average Bonchev–Trinajstić information content (AvgIpc) is 3.22. The van der Waals surface area contributed by atoms with Gasteiger partial charge in [-0.2, -0.15) is 0 Å². The van der Waals surface area contributed by atoms with Gasteiger partial charge >= 0.3 is 5.97 Å². The number of hydrogen-bond donors (Lipinski definition) is 0. The third-order valence-electron chi connectivity index (χ3n) is 4.45. The molecule has 0 unspecified atom stereocenters. The summed E-state index contributed by atoms with van der Waals surface area (Å²) in [5, 5.41) is 0.806. The fourth-order valence-electron chi connectivity index (χ4n) is 2.92. The van der Waals surface area contributed by atoms with Crippen LogP contribution in [-0.4, -0.2) is 24.1 Å². The van der Waals surface area contributed by atoms with Crippen LogP contribution in [0.4, 0.5) is 0 Å². The van der Waals surface area contributed by atoms with Gasteiger partial charge in [0.15, 0.2) is 18.2 Å². The Morgan fingerprint density at radius 2 is 1.34 bits per heavy atom. The van der Waals surface area contributed by atoms with E-state index in [9.17, 15) is 14.4 Å². The molecule has 142 valence electrons. The summed E-state index contributed by atoms with van der Waals surface area (Å²) in [6.07, 6.45) is 0. The summed E-state index contributed by atoms with van der Waals surface area (Å²) in [5.41, 5.74) is 1.89. The van der Waals surface area contributed by atoms with Crippen LogP contribution in [0.3, 0.4) is 0 Å². The highest BCUT2D eigenvalue weighted by Crippen LogP contribution is 2.19. The van der Waals surface area contributed by atoms with Crippen molar-refractivity contribution in [2.45, 2.75) is 0 Å². The molecule has 1 aromatic heterocycles. The first kappa shape index (κ1) is 18.4. The van der Waals surface area contributed by atoms with E-state index in [1.165, 1.54) is 12.1 Å². The third kappa shape index (κ3) is 3.99. The fourth-order valence-corrected chi connectivity index (χ4v) is 2.92. The molecule has 0 aliphatic carbocycles. The van der Waals surface area contributed by atoms with Gasteiger partial charge in [0.1, 0.15) is 5.58 Å². The molecular weight excluding hydrogens is 368 g/mol. The van der Waals surface area contributed by atoms with E-state index >= 15 is 0 Å². The van der Waals surface area contributed by atoms with E-state index < -0.39 is 18.4 Å². The summed E-state index contributed by atoms with van der Waals surface area (Å²) >= 11 is 0. The summed E-state index contributed by atoms with van der Waals surface area (Å²) in [6, 6.07) is 23.9. The molecule has 0 aliphatic rings. The van der Waals surface area contributed by atoms with E-state index in [0.717, 1.165) is 5.39 Å². The molecule has 5 nitrogen and oxygen atoms in total. The summed E-state index contributed by atoms with van der Waals surface area (Å²) in [7, 11) is 0. The number of furan rings is 1. The largest absolute Gasteiger partial charge is 0.454 e. The van der Waals surface area contributed by atoms with Crippen LogP contribution >= 0.6 is 0 Å². The Balaban J connectivity index is 1.39. The number of ether oxygens (including phenoxy) is 1. The van der Waals surface area contributed by atoms with Crippen LogP contribution in [-0.2, 0) is 4.74 Å². The van der Waals surface area contributed by atoms with Crippen LogP contribution in [0.15, 0.2) is 89.3 Å². The Bertz CT molecular complexity index is 1150. The molecule has 29 heavy (non-hydrogen) atoms. The second kappa shape index (κ2) is 7.94. The van der Waals surface area contributed by atoms with Crippen LogP contribution in [0, 0.1) is 0 Å². The van der Waals surface area contributed by atoms with Gasteiger partial charge < -0.3 is 9.15 Å². The van der Waals surface area contributed by atoms with Crippen LogP contribution < -0.4 is 0 Å². The number of carbonyl (C=O) groups excluding carboxylic acids is 3. The predicted octanol–water partition coefficient (Wildman–Crippen LogP) is 4.70. The Labute approximate surface area is 166 Å². The Kier molecular flexibility index (Phi) is 5.03. The van der Waals surface area contributed by atoms with Crippen molar-refractivity contribution in [2.75, 3.05) is 6.61 Å². The van der Waals surface area contributed by atoms with E-state index in [1.807, 2.05) is 24.3 Å². The van der Waals surface area contributed by atoms with Gasteiger partial charge in [0, 0.05) is 16.5 Å². The first-order chi connectivity index (χ1) is 14.1. The van der Waals surface area contributed by atoms with Crippen LogP contribution in [0.2, 0.25) is 0 Å². The highest BCUT2D eigenvalue weighted by molar-refractivity contribution is 6.09. The third-order valence-corrected chi connectivity index (χ3v) is 4.45. The standard InChI is InChI=1S/C24H16O5/c25-20(22-14-19-8-4-5-9-21(19)29-22)15-28-24(27)18-12-10-17(11-13-18)23(26)16-6-2-1-3-7-16/h1-14H,15H2. The predicted molar refractivity (Wildman–Crippen MR) is 107 cm³/mol. The van der Waals surface area contributed by atoms with Crippen molar-refractivity contribution >= 4 is 28.5 Å². The molecule has 0 saturated carbocycles. The van der Waals surface area contributed by atoms with Crippen molar-refractivity contribution in [3.8, 4) is 0 Å². The maximum atomic E-state index is 12.4. The Morgan fingerprint density at radius 3 is 2.07 bits per heavy atom. The molecule has 0 spiro atoms. The lowest BCUT2D eigenvalue weighted by molar-refractivity contribution is 0.0468.